The summed E-state index contributed by atoms with van der Waals surface area (Å²) in [4.78, 5) is 23.8. The zero-order chi connectivity index (χ0) is 16.2. The Morgan fingerprint density at radius 2 is 1.82 bits per heavy atom. The van der Waals surface area contributed by atoms with Gasteiger partial charge < -0.3 is 11.1 Å². The van der Waals surface area contributed by atoms with Gasteiger partial charge in [-0.2, -0.15) is 0 Å². The Morgan fingerprint density at radius 1 is 1.14 bits per heavy atom. The normalized spacial score (nSPS) is 17.4. The summed E-state index contributed by atoms with van der Waals surface area (Å²) in [5.41, 5.74) is 5.32. The number of carbonyl (C=O) groups excluding carboxylic acids is 2. The molecule has 3 N–H and O–H groups in total. The van der Waals surface area contributed by atoms with Gasteiger partial charge in [-0.3, -0.25) is 9.59 Å². The summed E-state index contributed by atoms with van der Waals surface area (Å²) >= 11 is 11.8. The van der Waals surface area contributed by atoms with Crippen molar-refractivity contribution in [3.8, 4) is 0 Å². The Morgan fingerprint density at radius 3 is 2.41 bits per heavy atom. The largest absolute Gasteiger partial charge is 0.368 e. The van der Waals surface area contributed by atoms with Crippen LogP contribution in [0.4, 0.5) is 0 Å². The molecule has 6 heteroatoms. The Balaban J connectivity index is 2.06. The van der Waals surface area contributed by atoms with Gasteiger partial charge in [0.05, 0.1) is 10.0 Å². The number of nitrogens with one attached hydrogen (secondary N) is 1. The number of halogens is 2. The second-order valence-electron chi connectivity index (χ2n) is 5.50. The van der Waals surface area contributed by atoms with Gasteiger partial charge in [0, 0.05) is 6.08 Å². The van der Waals surface area contributed by atoms with Gasteiger partial charge in [-0.05, 0) is 36.6 Å². The summed E-state index contributed by atoms with van der Waals surface area (Å²) in [5, 5.41) is 3.65. The molecular weight excluding hydrogens is 323 g/mol. The van der Waals surface area contributed by atoms with Gasteiger partial charge in [-0.15, -0.1) is 0 Å². The van der Waals surface area contributed by atoms with Crippen molar-refractivity contribution in [3.63, 3.8) is 0 Å². The maximum absolute atomic E-state index is 12.1. The average Bonchev–Trinajstić information content (AvgIpc) is 2.49. The molecule has 4 nitrogen and oxygen atoms in total. The lowest BCUT2D eigenvalue weighted by Gasteiger charge is -2.34. The van der Waals surface area contributed by atoms with Crippen LogP contribution in [-0.4, -0.2) is 17.4 Å². The third-order valence-electron chi connectivity index (χ3n) is 3.91. The zero-order valence-electron chi connectivity index (χ0n) is 12.1. The van der Waals surface area contributed by atoms with Gasteiger partial charge in [-0.1, -0.05) is 48.5 Å². The summed E-state index contributed by atoms with van der Waals surface area (Å²) in [7, 11) is 0. The minimum atomic E-state index is -0.919. The fraction of sp³-hybridized carbons (Fsp3) is 0.375. The highest BCUT2D eigenvalue weighted by atomic mass is 35.5. The minimum absolute atomic E-state index is 0.341. The molecule has 1 aliphatic rings. The van der Waals surface area contributed by atoms with Gasteiger partial charge in [0.2, 0.25) is 11.8 Å². The van der Waals surface area contributed by atoms with Gasteiger partial charge in [-0.25, -0.2) is 0 Å². The first-order valence-corrected chi connectivity index (χ1v) is 7.94. The summed E-state index contributed by atoms with van der Waals surface area (Å²) in [5.74, 6) is -0.810. The standard InChI is InChI=1S/C16H18Cl2N2O2/c17-12-6-4-11(10-13(12)18)5-7-14(21)20-16(15(19)22)8-2-1-3-9-16/h4-7,10H,1-3,8-9H2,(H2,19,22)(H,20,21)/b7-5+. The summed E-state index contributed by atoms with van der Waals surface area (Å²) < 4.78 is 0. The van der Waals surface area contributed by atoms with E-state index in [1.165, 1.54) is 6.08 Å². The van der Waals surface area contributed by atoms with E-state index in [9.17, 15) is 9.59 Å². The number of benzene rings is 1. The van der Waals surface area contributed by atoms with Crippen LogP contribution in [0.1, 0.15) is 37.7 Å². The van der Waals surface area contributed by atoms with Crippen LogP contribution in [0, 0.1) is 0 Å². The molecule has 1 saturated carbocycles. The van der Waals surface area contributed by atoms with E-state index in [0.29, 0.717) is 22.9 Å². The van der Waals surface area contributed by atoms with E-state index in [0.717, 1.165) is 24.8 Å². The lowest BCUT2D eigenvalue weighted by molar-refractivity contribution is -0.130. The van der Waals surface area contributed by atoms with Crippen LogP contribution in [0.3, 0.4) is 0 Å². The molecule has 1 aromatic carbocycles. The van der Waals surface area contributed by atoms with Gasteiger partial charge in [0.25, 0.3) is 0 Å². The first-order valence-electron chi connectivity index (χ1n) is 7.18. The van der Waals surface area contributed by atoms with Crippen molar-refractivity contribution >= 4 is 41.1 Å². The maximum atomic E-state index is 12.1. The zero-order valence-corrected chi connectivity index (χ0v) is 13.6. The van der Waals surface area contributed by atoms with Crippen molar-refractivity contribution < 1.29 is 9.59 Å². The molecule has 0 bridgehead atoms. The van der Waals surface area contributed by atoms with Crippen molar-refractivity contribution in [2.75, 3.05) is 0 Å². The van der Waals surface area contributed by atoms with Crippen molar-refractivity contribution in [2.45, 2.75) is 37.6 Å². The topological polar surface area (TPSA) is 72.2 Å². The van der Waals surface area contributed by atoms with Crippen LogP contribution in [-0.2, 0) is 9.59 Å². The van der Waals surface area contributed by atoms with E-state index >= 15 is 0 Å². The molecule has 22 heavy (non-hydrogen) atoms. The van der Waals surface area contributed by atoms with Crippen molar-refractivity contribution in [3.05, 3.63) is 39.9 Å². The van der Waals surface area contributed by atoms with E-state index in [1.807, 2.05) is 0 Å². The van der Waals surface area contributed by atoms with Crippen molar-refractivity contribution in [2.24, 2.45) is 5.73 Å². The van der Waals surface area contributed by atoms with E-state index in [-0.39, 0.29) is 5.91 Å². The van der Waals surface area contributed by atoms with Crippen LogP contribution < -0.4 is 11.1 Å². The van der Waals surface area contributed by atoms with E-state index in [2.05, 4.69) is 5.32 Å². The smallest absolute Gasteiger partial charge is 0.244 e. The van der Waals surface area contributed by atoms with Crippen LogP contribution in [0.25, 0.3) is 6.08 Å². The summed E-state index contributed by atoms with van der Waals surface area (Å²) in [6.45, 7) is 0. The molecule has 2 amide bonds. The predicted octanol–water partition coefficient (Wildman–Crippen LogP) is 3.31. The van der Waals surface area contributed by atoms with Gasteiger partial charge in [0.15, 0.2) is 0 Å². The van der Waals surface area contributed by atoms with Crippen LogP contribution in [0.15, 0.2) is 24.3 Å². The number of hydrogen-bond donors (Lipinski definition) is 2. The fourth-order valence-corrected chi connectivity index (χ4v) is 2.96. The highest BCUT2D eigenvalue weighted by molar-refractivity contribution is 6.42. The second-order valence-corrected chi connectivity index (χ2v) is 6.32. The predicted molar refractivity (Wildman–Crippen MR) is 88.6 cm³/mol. The molecule has 0 spiro atoms. The van der Waals surface area contributed by atoms with E-state index < -0.39 is 11.4 Å². The van der Waals surface area contributed by atoms with Crippen molar-refractivity contribution in [1.82, 2.24) is 5.32 Å². The molecule has 118 valence electrons. The quantitative estimate of drug-likeness (QED) is 0.825. The SMILES string of the molecule is NC(=O)C1(NC(=O)/C=C/c2ccc(Cl)c(Cl)c2)CCCCC1. The number of carbonyl (C=O) groups is 2. The van der Waals surface area contributed by atoms with Crippen LogP contribution in [0.5, 0.6) is 0 Å². The number of primary amides is 1. The molecule has 0 heterocycles. The molecular formula is C16H18Cl2N2O2. The third kappa shape index (κ3) is 4.02. The third-order valence-corrected chi connectivity index (χ3v) is 4.65. The minimum Gasteiger partial charge on any atom is -0.368 e. The lowest BCUT2D eigenvalue weighted by atomic mass is 9.81. The highest BCUT2D eigenvalue weighted by Gasteiger charge is 2.38. The molecule has 1 fully saturated rings. The van der Waals surface area contributed by atoms with Crippen LogP contribution >= 0.6 is 23.2 Å². The lowest BCUT2D eigenvalue weighted by Crippen LogP contribution is -2.58. The molecule has 1 aliphatic carbocycles. The summed E-state index contributed by atoms with van der Waals surface area (Å²) in [6, 6.07) is 5.08. The number of hydrogen-bond acceptors (Lipinski definition) is 2. The van der Waals surface area contributed by atoms with Crippen LogP contribution in [0.2, 0.25) is 10.0 Å². The summed E-state index contributed by atoms with van der Waals surface area (Å²) in [6.07, 6.45) is 7.01. The molecule has 1 aromatic rings. The maximum Gasteiger partial charge on any atom is 0.244 e. The van der Waals surface area contributed by atoms with Crippen molar-refractivity contribution in [1.29, 1.82) is 0 Å². The first kappa shape index (κ1) is 16.8. The molecule has 0 aliphatic heterocycles. The second kappa shape index (κ2) is 7.16. The number of nitrogens with two attached hydrogens (primary N) is 1. The number of rotatable bonds is 4. The first-order chi connectivity index (χ1) is 10.4. The Kier molecular flexibility index (Phi) is 5.48. The molecule has 0 unspecified atom stereocenters. The Bertz CT molecular complexity index is 608. The highest BCUT2D eigenvalue weighted by Crippen LogP contribution is 2.28. The van der Waals surface area contributed by atoms with E-state index in [4.69, 9.17) is 28.9 Å². The molecule has 0 atom stereocenters. The molecule has 0 saturated heterocycles. The average molecular weight is 341 g/mol. The Labute approximate surface area is 139 Å². The monoisotopic (exact) mass is 340 g/mol. The Hall–Kier alpha value is -1.52. The molecule has 0 aromatic heterocycles. The molecule has 2 rings (SSSR count). The molecule has 0 radical (unpaired) electrons. The number of amides is 2. The van der Waals surface area contributed by atoms with Gasteiger partial charge in [0.1, 0.15) is 5.54 Å². The van der Waals surface area contributed by atoms with Gasteiger partial charge >= 0.3 is 0 Å². The van der Waals surface area contributed by atoms with E-state index in [1.54, 1.807) is 24.3 Å². The fourth-order valence-electron chi connectivity index (χ4n) is 2.65.